The van der Waals surface area contributed by atoms with Gasteiger partial charge in [0.15, 0.2) is 0 Å². The van der Waals surface area contributed by atoms with Crippen LogP contribution in [0.5, 0.6) is 0 Å². The molecule has 0 atom stereocenters. The number of aryl methyl sites for hydroxylation is 1. The minimum absolute atomic E-state index is 0.0481. The van der Waals surface area contributed by atoms with Gasteiger partial charge in [0.05, 0.1) is 0 Å². The number of unbranched alkanes of at least 4 members (excludes halogenated alkanes) is 8. The number of rotatable bonds is 12. The maximum Gasteiger partial charge on any atom is 0.325 e. The first-order valence-electron chi connectivity index (χ1n) is 8.16. The van der Waals surface area contributed by atoms with Crippen LogP contribution < -0.4 is 0 Å². The molecule has 0 heterocycles. The van der Waals surface area contributed by atoms with Crippen molar-refractivity contribution in [2.75, 3.05) is 6.16 Å². The van der Waals surface area contributed by atoms with Crippen molar-refractivity contribution in [2.24, 2.45) is 0 Å². The highest BCUT2D eigenvalue weighted by Crippen LogP contribution is 2.35. The monoisotopic (exact) mass is 312 g/mol. The molecule has 1 rings (SSSR count). The van der Waals surface area contributed by atoms with Crippen LogP contribution in [0.2, 0.25) is 0 Å². The minimum atomic E-state index is -3.77. The first-order valence-corrected chi connectivity index (χ1v) is 9.96. The van der Waals surface area contributed by atoms with Crippen molar-refractivity contribution in [3.05, 3.63) is 35.9 Å². The van der Waals surface area contributed by atoms with Crippen molar-refractivity contribution in [1.29, 1.82) is 0 Å². The van der Waals surface area contributed by atoms with Crippen LogP contribution >= 0.6 is 7.60 Å². The largest absolute Gasteiger partial charge is 0.325 e. The number of benzene rings is 1. The van der Waals surface area contributed by atoms with Gasteiger partial charge in [0, 0.05) is 6.16 Å². The second-order valence-corrected chi connectivity index (χ2v) is 7.58. The summed E-state index contributed by atoms with van der Waals surface area (Å²) in [7, 11) is -3.77. The molecule has 2 N–H and O–H groups in total. The van der Waals surface area contributed by atoms with Gasteiger partial charge in [-0.25, -0.2) is 0 Å². The Labute approximate surface area is 128 Å². The molecule has 0 aromatic heterocycles. The van der Waals surface area contributed by atoms with Crippen molar-refractivity contribution < 1.29 is 14.4 Å². The average Bonchev–Trinajstić information content (AvgIpc) is 2.44. The molecule has 0 saturated carbocycles. The first kappa shape index (κ1) is 18.4. The zero-order valence-electron chi connectivity index (χ0n) is 12.9. The van der Waals surface area contributed by atoms with Gasteiger partial charge >= 0.3 is 7.60 Å². The molecule has 0 unspecified atom stereocenters. The SMILES string of the molecule is O=P(O)(O)CCCCCCCCCCCc1ccccc1. The first-order chi connectivity index (χ1) is 10.1. The van der Waals surface area contributed by atoms with Crippen molar-refractivity contribution in [3.63, 3.8) is 0 Å². The van der Waals surface area contributed by atoms with Gasteiger partial charge in [0.25, 0.3) is 0 Å². The van der Waals surface area contributed by atoms with Crippen molar-refractivity contribution in [3.8, 4) is 0 Å². The van der Waals surface area contributed by atoms with Gasteiger partial charge in [-0.1, -0.05) is 75.3 Å². The standard InChI is InChI=1S/C17H29O3P/c18-21(19,20)16-12-7-5-3-1-2-4-6-9-13-17-14-10-8-11-15-17/h8,10-11,14-15H,1-7,9,12-13,16H2,(H2,18,19,20). The fourth-order valence-electron chi connectivity index (χ4n) is 2.53. The maximum absolute atomic E-state index is 10.7. The minimum Gasteiger partial charge on any atom is -0.324 e. The van der Waals surface area contributed by atoms with Crippen LogP contribution in [-0.4, -0.2) is 15.9 Å². The molecule has 0 aliphatic carbocycles. The molecule has 1 aromatic carbocycles. The Bertz CT molecular complexity index is 400. The van der Waals surface area contributed by atoms with Gasteiger partial charge in [0.1, 0.15) is 0 Å². The second-order valence-electron chi connectivity index (χ2n) is 5.81. The van der Waals surface area contributed by atoms with Crippen molar-refractivity contribution in [1.82, 2.24) is 0 Å². The predicted molar refractivity (Wildman–Crippen MR) is 88.6 cm³/mol. The summed E-state index contributed by atoms with van der Waals surface area (Å²) in [5, 5.41) is 0. The third-order valence-corrected chi connectivity index (χ3v) is 4.66. The summed E-state index contributed by atoms with van der Waals surface area (Å²) < 4.78 is 10.7. The van der Waals surface area contributed by atoms with Crippen LogP contribution in [0.15, 0.2) is 30.3 Å². The van der Waals surface area contributed by atoms with Gasteiger partial charge in [-0.2, -0.15) is 0 Å². The quantitative estimate of drug-likeness (QED) is 0.425. The smallest absolute Gasteiger partial charge is 0.324 e. The lowest BCUT2D eigenvalue weighted by Crippen LogP contribution is -1.88. The highest BCUT2D eigenvalue weighted by molar-refractivity contribution is 7.51. The van der Waals surface area contributed by atoms with Gasteiger partial charge in [0.2, 0.25) is 0 Å². The van der Waals surface area contributed by atoms with Crippen LogP contribution in [0, 0.1) is 0 Å². The lowest BCUT2D eigenvalue weighted by atomic mass is 10.0. The van der Waals surface area contributed by atoms with Crippen LogP contribution in [0.4, 0.5) is 0 Å². The zero-order chi connectivity index (χ0) is 15.4. The Balaban J connectivity index is 1.82. The van der Waals surface area contributed by atoms with E-state index in [4.69, 9.17) is 9.79 Å². The van der Waals surface area contributed by atoms with Crippen molar-refractivity contribution >= 4 is 7.60 Å². The van der Waals surface area contributed by atoms with E-state index in [0.717, 1.165) is 12.8 Å². The van der Waals surface area contributed by atoms with Crippen LogP contribution in [-0.2, 0) is 11.0 Å². The topological polar surface area (TPSA) is 57.5 Å². The highest BCUT2D eigenvalue weighted by atomic mass is 31.2. The third-order valence-electron chi connectivity index (χ3n) is 3.76. The molecule has 0 aliphatic heterocycles. The van der Waals surface area contributed by atoms with Crippen LogP contribution in [0.25, 0.3) is 0 Å². The summed E-state index contributed by atoms with van der Waals surface area (Å²) in [4.78, 5) is 17.5. The molecule has 4 heteroatoms. The summed E-state index contributed by atoms with van der Waals surface area (Å²) >= 11 is 0. The number of hydrogen-bond donors (Lipinski definition) is 2. The third kappa shape index (κ3) is 11.7. The summed E-state index contributed by atoms with van der Waals surface area (Å²) in [5.41, 5.74) is 1.43. The van der Waals surface area contributed by atoms with E-state index in [1.54, 1.807) is 0 Å². The molecular weight excluding hydrogens is 283 g/mol. The molecule has 1 aromatic rings. The van der Waals surface area contributed by atoms with Gasteiger partial charge < -0.3 is 9.79 Å². The Kier molecular flexibility index (Phi) is 9.65. The van der Waals surface area contributed by atoms with E-state index < -0.39 is 7.60 Å². The van der Waals surface area contributed by atoms with E-state index in [9.17, 15) is 4.57 Å². The normalized spacial score (nSPS) is 11.7. The molecule has 0 aliphatic rings. The van der Waals surface area contributed by atoms with E-state index in [2.05, 4.69) is 30.3 Å². The fraction of sp³-hybridized carbons (Fsp3) is 0.647. The zero-order valence-corrected chi connectivity index (χ0v) is 13.8. The van der Waals surface area contributed by atoms with E-state index >= 15 is 0 Å². The lowest BCUT2D eigenvalue weighted by molar-refractivity contribution is 0.370. The molecule has 0 bridgehead atoms. The Morgan fingerprint density at radius 3 is 1.71 bits per heavy atom. The summed E-state index contributed by atoms with van der Waals surface area (Å²) in [6.07, 6.45) is 11.5. The van der Waals surface area contributed by atoms with Crippen LogP contribution in [0.3, 0.4) is 0 Å². The van der Waals surface area contributed by atoms with Crippen LogP contribution in [0.1, 0.15) is 63.4 Å². The van der Waals surface area contributed by atoms with Gasteiger partial charge in [-0.15, -0.1) is 0 Å². The van der Waals surface area contributed by atoms with E-state index in [1.807, 2.05) is 0 Å². The molecule has 0 radical (unpaired) electrons. The predicted octanol–water partition coefficient (Wildman–Crippen LogP) is 4.92. The van der Waals surface area contributed by atoms with E-state index in [1.165, 1.54) is 50.5 Å². The Hall–Kier alpha value is -0.630. The molecule has 0 fully saturated rings. The Morgan fingerprint density at radius 2 is 1.19 bits per heavy atom. The lowest BCUT2D eigenvalue weighted by Gasteiger charge is -2.04. The van der Waals surface area contributed by atoms with Gasteiger partial charge in [-0.3, -0.25) is 4.57 Å². The summed E-state index contributed by atoms with van der Waals surface area (Å²) in [6.45, 7) is 0. The number of hydrogen-bond acceptors (Lipinski definition) is 1. The maximum atomic E-state index is 10.7. The van der Waals surface area contributed by atoms with E-state index in [0.29, 0.717) is 6.42 Å². The molecular formula is C17H29O3P. The molecule has 0 amide bonds. The fourth-order valence-corrected chi connectivity index (χ4v) is 3.16. The van der Waals surface area contributed by atoms with Gasteiger partial charge in [-0.05, 0) is 24.8 Å². The average molecular weight is 312 g/mol. The summed E-state index contributed by atoms with van der Waals surface area (Å²) in [6, 6.07) is 10.6. The molecule has 3 nitrogen and oxygen atoms in total. The second kappa shape index (κ2) is 11.0. The molecule has 0 spiro atoms. The van der Waals surface area contributed by atoms with E-state index in [-0.39, 0.29) is 6.16 Å². The molecule has 0 saturated heterocycles. The molecule has 120 valence electrons. The highest BCUT2D eigenvalue weighted by Gasteiger charge is 2.10. The molecule has 21 heavy (non-hydrogen) atoms. The summed E-state index contributed by atoms with van der Waals surface area (Å²) in [5.74, 6) is 0. The van der Waals surface area contributed by atoms with Crippen molar-refractivity contribution in [2.45, 2.75) is 64.2 Å². The Morgan fingerprint density at radius 1 is 0.714 bits per heavy atom.